The van der Waals surface area contributed by atoms with E-state index in [2.05, 4.69) is 21.3 Å². The Labute approximate surface area is 170 Å². The fourth-order valence-corrected chi connectivity index (χ4v) is 3.55. The lowest BCUT2D eigenvalue weighted by molar-refractivity contribution is -0.126. The van der Waals surface area contributed by atoms with E-state index in [0.29, 0.717) is 12.5 Å². The molecule has 1 aliphatic heterocycles. The zero-order valence-electron chi connectivity index (χ0n) is 16.5. The van der Waals surface area contributed by atoms with Gasteiger partial charge in [-0.2, -0.15) is 0 Å². The quantitative estimate of drug-likeness (QED) is 0.664. The summed E-state index contributed by atoms with van der Waals surface area (Å²) < 4.78 is 11.2. The number of rotatable bonds is 7. The molecule has 1 saturated heterocycles. The van der Waals surface area contributed by atoms with E-state index >= 15 is 0 Å². The number of fused-ring (bicyclic) bond motifs is 1. The van der Waals surface area contributed by atoms with Gasteiger partial charge in [-0.15, -0.1) is 0 Å². The third-order valence-corrected chi connectivity index (χ3v) is 4.97. The number of anilines is 1. The SMILES string of the molecule is CCOCC(=O)NC1CCN(c2cccc(Oc3ccc4ccccc4n3)c2)C1. The number of aromatic nitrogens is 1. The van der Waals surface area contributed by atoms with Gasteiger partial charge < -0.3 is 19.7 Å². The molecule has 4 rings (SSSR count). The van der Waals surface area contributed by atoms with Crippen molar-refractivity contribution in [3.8, 4) is 11.6 Å². The zero-order chi connectivity index (χ0) is 20.1. The second-order valence-corrected chi connectivity index (χ2v) is 7.08. The van der Waals surface area contributed by atoms with Crippen LogP contribution in [0.15, 0.2) is 60.7 Å². The number of ether oxygens (including phenoxy) is 2. The van der Waals surface area contributed by atoms with Crippen LogP contribution in [0.1, 0.15) is 13.3 Å². The summed E-state index contributed by atoms with van der Waals surface area (Å²) in [5.74, 6) is 1.26. The molecule has 1 unspecified atom stereocenters. The fourth-order valence-electron chi connectivity index (χ4n) is 3.55. The van der Waals surface area contributed by atoms with Crippen molar-refractivity contribution in [1.29, 1.82) is 0 Å². The topological polar surface area (TPSA) is 63.7 Å². The van der Waals surface area contributed by atoms with Gasteiger partial charge in [-0.05, 0) is 37.6 Å². The minimum atomic E-state index is -0.0573. The number of carbonyl (C=O) groups is 1. The summed E-state index contributed by atoms with van der Waals surface area (Å²) in [6.07, 6.45) is 0.912. The van der Waals surface area contributed by atoms with E-state index in [4.69, 9.17) is 9.47 Å². The molecule has 0 saturated carbocycles. The van der Waals surface area contributed by atoms with E-state index in [1.54, 1.807) is 0 Å². The highest BCUT2D eigenvalue weighted by molar-refractivity contribution is 5.79. The highest BCUT2D eigenvalue weighted by Crippen LogP contribution is 2.28. The van der Waals surface area contributed by atoms with Crippen molar-refractivity contribution in [2.45, 2.75) is 19.4 Å². The van der Waals surface area contributed by atoms with Crippen LogP contribution in [0.4, 0.5) is 5.69 Å². The Morgan fingerprint density at radius 2 is 2.07 bits per heavy atom. The Morgan fingerprint density at radius 1 is 1.17 bits per heavy atom. The maximum Gasteiger partial charge on any atom is 0.246 e. The predicted octanol–water partition coefficient (Wildman–Crippen LogP) is 3.76. The van der Waals surface area contributed by atoms with Crippen LogP contribution >= 0.6 is 0 Å². The molecule has 0 radical (unpaired) electrons. The number of benzene rings is 2. The van der Waals surface area contributed by atoms with Crippen molar-refractivity contribution in [2.75, 3.05) is 31.2 Å². The molecule has 1 atom stereocenters. The molecule has 2 aromatic carbocycles. The first-order chi connectivity index (χ1) is 14.2. The zero-order valence-corrected chi connectivity index (χ0v) is 16.5. The first-order valence-corrected chi connectivity index (χ1v) is 9.97. The maximum absolute atomic E-state index is 11.9. The molecule has 0 spiro atoms. The van der Waals surface area contributed by atoms with Crippen molar-refractivity contribution in [2.24, 2.45) is 0 Å². The second kappa shape index (κ2) is 8.92. The Hall–Kier alpha value is -3.12. The number of nitrogens with zero attached hydrogens (tertiary/aromatic N) is 2. The van der Waals surface area contributed by atoms with Crippen LogP contribution in [0.5, 0.6) is 11.6 Å². The average Bonchev–Trinajstić information content (AvgIpc) is 3.21. The summed E-state index contributed by atoms with van der Waals surface area (Å²) in [5, 5.41) is 4.12. The number of hydrogen-bond acceptors (Lipinski definition) is 5. The van der Waals surface area contributed by atoms with Crippen LogP contribution in [-0.2, 0) is 9.53 Å². The molecule has 150 valence electrons. The van der Waals surface area contributed by atoms with E-state index in [1.807, 2.05) is 61.5 Å². The fraction of sp³-hybridized carbons (Fsp3) is 0.304. The van der Waals surface area contributed by atoms with Gasteiger partial charge in [0.15, 0.2) is 0 Å². The molecule has 29 heavy (non-hydrogen) atoms. The van der Waals surface area contributed by atoms with Crippen LogP contribution < -0.4 is 15.0 Å². The molecular weight excluding hydrogens is 366 g/mol. The molecule has 2 heterocycles. The maximum atomic E-state index is 11.9. The van der Waals surface area contributed by atoms with Crippen molar-refractivity contribution in [1.82, 2.24) is 10.3 Å². The molecule has 3 aromatic rings. The molecular formula is C23H25N3O3. The standard InChI is InChI=1S/C23H25N3O3/c1-2-28-16-22(27)24-18-12-13-26(15-18)19-7-5-8-20(14-19)29-23-11-10-17-6-3-4-9-21(17)25-23/h3-11,14,18H,2,12-13,15-16H2,1H3,(H,24,27). The minimum Gasteiger partial charge on any atom is -0.439 e. The number of para-hydroxylation sites is 1. The average molecular weight is 391 g/mol. The summed E-state index contributed by atoms with van der Waals surface area (Å²) >= 11 is 0. The molecule has 1 N–H and O–H groups in total. The molecule has 1 amide bonds. The lowest BCUT2D eigenvalue weighted by atomic mass is 10.2. The largest absolute Gasteiger partial charge is 0.439 e. The molecule has 1 aliphatic rings. The van der Waals surface area contributed by atoms with Gasteiger partial charge >= 0.3 is 0 Å². The first-order valence-electron chi connectivity index (χ1n) is 9.97. The number of amides is 1. The van der Waals surface area contributed by atoms with Gasteiger partial charge in [0, 0.05) is 48.9 Å². The van der Waals surface area contributed by atoms with E-state index in [-0.39, 0.29) is 18.6 Å². The van der Waals surface area contributed by atoms with Crippen molar-refractivity contribution in [3.05, 3.63) is 60.7 Å². The van der Waals surface area contributed by atoms with Gasteiger partial charge in [0.05, 0.1) is 5.52 Å². The van der Waals surface area contributed by atoms with E-state index in [9.17, 15) is 4.79 Å². The van der Waals surface area contributed by atoms with Crippen molar-refractivity contribution < 1.29 is 14.3 Å². The smallest absolute Gasteiger partial charge is 0.246 e. The van der Waals surface area contributed by atoms with Crippen LogP contribution in [0.3, 0.4) is 0 Å². The highest BCUT2D eigenvalue weighted by Gasteiger charge is 2.24. The predicted molar refractivity (Wildman–Crippen MR) is 114 cm³/mol. The number of hydrogen-bond donors (Lipinski definition) is 1. The van der Waals surface area contributed by atoms with E-state index in [0.717, 1.165) is 41.9 Å². The lowest BCUT2D eigenvalue weighted by Crippen LogP contribution is -2.39. The van der Waals surface area contributed by atoms with Crippen LogP contribution in [0.25, 0.3) is 10.9 Å². The third kappa shape index (κ3) is 4.84. The summed E-state index contributed by atoms with van der Waals surface area (Å²) in [5.41, 5.74) is 1.98. The van der Waals surface area contributed by atoms with E-state index in [1.165, 1.54) is 0 Å². The summed E-state index contributed by atoms with van der Waals surface area (Å²) in [6.45, 7) is 4.21. The molecule has 1 fully saturated rings. The summed E-state index contributed by atoms with van der Waals surface area (Å²) in [6, 6.07) is 20.0. The second-order valence-electron chi connectivity index (χ2n) is 7.08. The van der Waals surface area contributed by atoms with Gasteiger partial charge in [0.1, 0.15) is 12.4 Å². The van der Waals surface area contributed by atoms with Crippen LogP contribution in [0, 0.1) is 0 Å². The van der Waals surface area contributed by atoms with Crippen molar-refractivity contribution >= 4 is 22.5 Å². The first kappa shape index (κ1) is 19.2. The normalized spacial score (nSPS) is 16.2. The van der Waals surface area contributed by atoms with Crippen LogP contribution in [0.2, 0.25) is 0 Å². The molecule has 1 aromatic heterocycles. The Bertz CT molecular complexity index is 992. The molecule has 6 nitrogen and oxygen atoms in total. The monoisotopic (exact) mass is 391 g/mol. The van der Waals surface area contributed by atoms with Gasteiger partial charge in [-0.1, -0.05) is 24.3 Å². The van der Waals surface area contributed by atoms with Crippen molar-refractivity contribution in [3.63, 3.8) is 0 Å². The number of carbonyl (C=O) groups excluding carboxylic acids is 1. The molecule has 0 aliphatic carbocycles. The molecule has 0 bridgehead atoms. The van der Waals surface area contributed by atoms with E-state index < -0.39 is 0 Å². The third-order valence-electron chi connectivity index (χ3n) is 4.97. The summed E-state index contributed by atoms with van der Waals surface area (Å²) in [4.78, 5) is 18.7. The minimum absolute atomic E-state index is 0.0573. The molecule has 6 heteroatoms. The number of pyridine rings is 1. The van der Waals surface area contributed by atoms with Gasteiger partial charge in [-0.3, -0.25) is 4.79 Å². The van der Waals surface area contributed by atoms with Gasteiger partial charge in [0.25, 0.3) is 0 Å². The Balaban J connectivity index is 1.40. The number of nitrogens with one attached hydrogen (secondary N) is 1. The Kier molecular flexibility index (Phi) is 5.91. The van der Waals surface area contributed by atoms with Gasteiger partial charge in [0.2, 0.25) is 11.8 Å². The Morgan fingerprint density at radius 3 is 2.97 bits per heavy atom. The highest BCUT2D eigenvalue weighted by atomic mass is 16.5. The summed E-state index contributed by atoms with van der Waals surface area (Å²) in [7, 11) is 0. The lowest BCUT2D eigenvalue weighted by Gasteiger charge is -2.20. The van der Waals surface area contributed by atoms with Crippen LogP contribution in [-0.4, -0.2) is 43.2 Å². The van der Waals surface area contributed by atoms with Gasteiger partial charge in [-0.25, -0.2) is 4.98 Å².